The number of piperidine rings is 1. The van der Waals surface area contributed by atoms with Gasteiger partial charge < -0.3 is 10.2 Å². The van der Waals surface area contributed by atoms with Gasteiger partial charge in [-0.3, -0.25) is 0 Å². The highest BCUT2D eigenvalue weighted by Crippen LogP contribution is 2.27. The Bertz CT molecular complexity index is 415. The van der Waals surface area contributed by atoms with Crippen molar-refractivity contribution in [3.05, 3.63) is 29.8 Å². The fourth-order valence-electron chi connectivity index (χ4n) is 3.29. The summed E-state index contributed by atoms with van der Waals surface area (Å²) in [7, 11) is 0. The van der Waals surface area contributed by atoms with Crippen LogP contribution in [0.15, 0.2) is 24.3 Å². The van der Waals surface area contributed by atoms with Crippen molar-refractivity contribution in [3.63, 3.8) is 0 Å². The lowest BCUT2D eigenvalue weighted by atomic mass is 10.1. The first-order valence-corrected chi connectivity index (χ1v) is 9.13. The van der Waals surface area contributed by atoms with Crippen LogP contribution in [-0.4, -0.2) is 37.2 Å². The number of anilines is 1. The van der Waals surface area contributed by atoms with E-state index in [2.05, 4.69) is 46.2 Å². The molecular weight excluding hydrogens is 264 g/mol. The van der Waals surface area contributed by atoms with E-state index in [1.807, 2.05) is 0 Å². The fraction of sp³-hybridized carbons (Fsp3) is 0.647. The molecule has 1 saturated heterocycles. The normalized spacial score (nSPS) is 20.5. The lowest BCUT2D eigenvalue weighted by Crippen LogP contribution is -2.31. The maximum Gasteiger partial charge on any atom is 0.0399 e. The molecule has 0 saturated carbocycles. The highest BCUT2D eigenvalue weighted by molar-refractivity contribution is 7.99. The van der Waals surface area contributed by atoms with Crippen LogP contribution in [0.4, 0.5) is 5.69 Å². The maximum absolute atomic E-state index is 3.45. The summed E-state index contributed by atoms with van der Waals surface area (Å²) in [5, 5.41) is 4.34. The van der Waals surface area contributed by atoms with E-state index < -0.39 is 0 Å². The summed E-state index contributed by atoms with van der Waals surface area (Å²) >= 11 is 2.19. The van der Waals surface area contributed by atoms with Crippen LogP contribution in [0, 0.1) is 0 Å². The quantitative estimate of drug-likeness (QED) is 0.916. The van der Waals surface area contributed by atoms with Gasteiger partial charge >= 0.3 is 0 Å². The van der Waals surface area contributed by atoms with Gasteiger partial charge in [0.1, 0.15) is 0 Å². The molecule has 2 aliphatic heterocycles. The molecule has 0 spiro atoms. The number of benzene rings is 1. The molecule has 20 heavy (non-hydrogen) atoms. The molecule has 0 aliphatic carbocycles. The summed E-state index contributed by atoms with van der Waals surface area (Å²) < 4.78 is 0. The van der Waals surface area contributed by atoms with Gasteiger partial charge in [0.2, 0.25) is 0 Å². The molecule has 1 fully saturated rings. The van der Waals surface area contributed by atoms with Crippen molar-refractivity contribution in [1.82, 2.24) is 5.32 Å². The molecule has 2 aliphatic rings. The Labute approximate surface area is 127 Å². The third-order valence-electron chi connectivity index (χ3n) is 4.46. The molecular formula is C17H26N2S. The largest absolute Gasteiger partial charge is 0.370 e. The lowest BCUT2D eigenvalue weighted by Gasteiger charge is -2.27. The minimum absolute atomic E-state index is 0.887. The van der Waals surface area contributed by atoms with Gasteiger partial charge in [-0.1, -0.05) is 18.2 Å². The third-order valence-corrected chi connectivity index (χ3v) is 5.82. The summed E-state index contributed by atoms with van der Waals surface area (Å²) in [6.07, 6.45) is 6.64. The van der Waals surface area contributed by atoms with Crippen molar-refractivity contribution in [3.8, 4) is 0 Å². The predicted octanol–water partition coefficient (Wildman–Crippen LogP) is 3.31. The fourth-order valence-corrected chi connectivity index (χ4v) is 4.52. The van der Waals surface area contributed by atoms with Crippen molar-refractivity contribution in [2.45, 2.75) is 37.4 Å². The van der Waals surface area contributed by atoms with Gasteiger partial charge in [-0.15, -0.1) is 0 Å². The van der Waals surface area contributed by atoms with Crippen molar-refractivity contribution >= 4 is 17.4 Å². The van der Waals surface area contributed by atoms with Gasteiger partial charge in [-0.2, -0.15) is 11.8 Å². The topological polar surface area (TPSA) is 15.3 Å². The molecule has 2 heterocycles. The van der Waals surface area contributed by atoms with E-state index in [4.69, 9.17) is 0 Å². The van der Waals surface area contributed by atoms with Gasteiger partial charge in [0, 0.05) is 29.8 Å². The van der Waals surface area contributed by atoms with Crippen molar-refractivity contribution < 1.29 is 0 Å². The average Bonchev–Trinajstić information content (AvgIpc) is 2.71. The van der Waals surface area contributed by atoms with Crippen LogP contribution >= 0.6 is 11.8 Å². The van der Waals surface area contributed by atoms with Gasteiger partial charge in [0.25, 0.3) is 0 Å². The Morgan fingerprint density at radius 1 is 1.15 bits per heavy atom. The number of thioether (sulfide) groups is 1. The van der Waals surface area contributed by atoms with E-state index in [-0.39, 0.29) is 0 Å². The number of aryl methyl sites for hydroxylation is 1. The number of hydrogen-bond donors (Lipinski definition) is 1. The van der Waals surface area contributed by atoms with E-state index >= 15 is 0 Å². The Hall–Kier alpha value is -0.670. The van der Waals surface area contributed by atoms with Crippen LogP contribution in [0.2, 0.25) is 0 Å². The molecule has 0 amide bonds. The first kappa shape index (κ1) is 14.3. The monoisotopic (exact) mass is 290 g/mol. The SMILES string of the molecule is c1ccc2c(c1)CCCCN2CCSC1CCNCC1. The summed E-state index contributed by atoms with van der Waals surface area (Å²) in [6, 6.07) is 9.01. The molecule has 0 atom stereocenters. The zero-order chi connectivity index (χ0) is 13.6. The smallest absolute Gasteiger partial charge is 0.0399 e. The Kier molecular flexibility index (Phi) is 5.26. The zero-order valence-corrected chi connectivity index (χ0v) is 13.1. The number of hydrogen-bond acceptors (Lipinski definition) is 3. The summed E-state index contributed by atoms with van der Waals surface area (Å²) in [5.41, 5.74) is 3.05. The number of nitrogens with zero attached hydrogens (tertiary/aromatic N) is 1. The molecule has 2 nitrogen and oxygen atoms in total. The predicted molar refractivity (Wildman–Crippen MR) is 89.9 cm³/mol. The van der Waals surface area contributed by atoms with E-state index in [1.165, 1.54) is 69.7 Å². The van der Waals surface area contributed by atoms with Gasteiger partial charge in [-0.25, -0.2) is 0 Å². The molecule has 0 radical (unpaired) electrons. The molecule has 1 N–H and O–H groups in total. The average molecular weight is 290 g/mol. The molecule has 110 valence electrons. The van der Waals surface area contributed by atoms with Crippen LogP contribution in [0.3, 0.4) is 0 Å². The minimum atomic E-state index is 0.887. The van der Waals surface area contributed by atoms with Gasteiger partial charge in [-0.05, 0) is 56.8 Å². The zero-order valence-electron chi connectivity index (χ0n) is 12.3. The number of fused-ring (bicyclic) bond motifs is 1. The highest BCUT2D eigenvalue weighted by atomic mass is 32.2. The van der Waals surface area contributed by atoms with E-state index in [0.29, 0.717) is 0 Å². The Morgan fingerprint density at radius 3 is 2.90 bits per heavy atom. The minimum Gasteiger partial charge on any atom is -0.370 e. The molecule has 1 aromatic rings. The molecule has 3 heteroatoms. The first-order chi connectivity index (χ1) is 9.93. The first-order valence-electron chi connectivity index (χ1n) is 8.08. The standard InChI is InChI=1S/C17H26N2S/c1-2-7-17-15(5-1)6-3-4-12-19(17)13-14-20-16-8-10-18-11-9-16/h1-2,5,7,16,18H,3-4,6,8-14H2. The Morgan fingerprint density at radius 2 is 2.00 bits per heavy atom. The molecule has 0 bridgehead atoms. The molecule has 3 rings (SSSR count). The summed E-state index contributed by atoms with van der Waals surface area (Å²) in [6.45, 7) is 4.88. The second-order valence-corrected chi connectivity index (χ2v) is 7.30. The molecule has 0 unspecified atom stereocenters. The number of rotatable bonds is 4. The van der Waals surface area contributed by atoms with E-state index in [9.17, 15) is 0 Å². The Balaban J connectivity index is 1.54. The second-order valence-electron chi connectivity index (χ2n) is 5.89. The maximum atomic E-state index is 3.45. The van der Waals surface area contributed by atoms with E-state index in [0.717, 1.165) is 5.25 Å². The lowest BCUT2D eigenvalue weighted by molar-refractivity contribution is 0.531. The van der Waals surface area contributed by atoms with Crippen molar-refractivity contribution in [2.75, 3.05) is 36.8 Å². The summed E-state index contributed by atoms with van der Waals surface area (Å²) in [4.78, 5) is 2.62. The van der Waals surface area contributed by atoms with Crippen LogP contribution in [0.25, 0.3) is 0 Å². The van der Waals surface area contributed by atoms with Crippen LogP contribution in [0.5, 0.6) is 0 Å². The summed E-state index contributed by atoms with van der Waals surface area (Å²) in [5.74, 6) is 1.28. The van der Waals surface area contributed by atoms with Crippen molar-refractivity contribution in [2.24, 2.45) is 0 Å². The van der Waals surface area contributed by atoms with Crippen molar-refractivity contribution in [1.29, 1.82) is 0 Å². The van der Waals surface area contributed by atoms with Gasteiger partial charge in [0.15, 0.2) is 0 Å². The highest BCUT2D eigenvalue weighted by Gasteiger charge is 2.16. The molecule has 1 aromatic carbocycles. The van der Waals surface area contributed by atoms with Crippen LogP contribution < -0.4 is 10.2 Å². The third kappa shape index (κ3) is 3.70. The number of para-hydroxylation sites is 1. The van der Waals surface area contributed by atoms with Gasteiger partial charge in [0.05, 0.1) is 0 Å². The van der Waals surface area contributed by atoms with Crippen LogP contribution in [0.1, 0.15) is 31.2 Å². The van der Waals surface area contributed by atoms with E-state index in [1.54, 1.807) is 5.56 Å². The second kappa shape index (κ2) is 7.37. The van der Waals surface area contributed by atoms with Crippen LogP contribution in [-0.2, 0) is 6.42 Å². The molecule has 0 aromatic heterocycles. The number of nitrogens with one attached hydrogen (secondary N) is 1.